The highest BCUT2D eigenvalue weighted by Gasteiger charge is 2.36. The molecule has 1 aromatic rings. The smallest absolute Gasteiger partial charge is 0.322 e. The second-order valence-corrected chi connectivity index (χ2v) is 19.1. The summed E-state index contributed by atoms with van der Waals surface area (Å²) in [5, 5.41) is 62.8. The number of carbonyl (C=O) groups excluding carboxylic acids is 12. The topological polar surface area (TPSA) is 530 Å². The lowest BCUT2D eigenvalue weighted by Crippen LogP contribution is -2.62. The molecule has 0 aliphatic carbocycles. The van der Waals surface area contributed by atoms with Crippen molar-refractivity contribution < 1.29 is 82.8 Å². The van der Waals surface area contributed by atoms with Gasteiger partial charge in [-0.2, -0.15) is 0 Å². The van der Waals surface area contributed by atoms with Gasteiger partial charge in [-0.3, -0.25) is 62.3 Å². The minimum Gasteiger partial charge on any atom is -0.480 e. The predicted molar refractivity (Wildman–Crippen MR) is 257 cm³/mol. The Morgan fingerprint density at radius 2 is 1.22 bits per heavy atom. The molecule has 412 valence electrons. The second-order valence-electron chi connectivity index (χ2n) is 16.5. The van der Waals surface area contributed by atoms with Gasteiger partial charge in [0.25, 0.3) is 0 Å². The summed E-state index contributed by atoms with van der Waals surface area (Å²) in [4.78, 5) is 177. The van der Waals surface area contributed by atoms with Crippen LogP contribution in [0.3, 0.4) is 0 Å². The predicted octanol–water partition coefficient (Wildman–Crippen LogP) is -9.83. The maximum absolute atomic E-state index is 14.1. The molecule has 0 saturated carbocycles. The van der Waals surface area contributed by atoms with Gasteiger partial charge in [0.2, 0.25) is 70.9 Å². The first kappa shape index (κ1) is 63.0. The van der Waals surface area contributed by atoms with Crippen LogP contribution in [0.15, 0.2) is 12.5 Å². The Bertz CT molecular complexity index is 2190. The van der Waals surface area contributed by atoms with E-state index >= 15 is 0 Å². The fourth-order valence-electron chi connectivity index (χ4n) is 6.24. The van der Waals surface area contributed by atoms with E-state index in [0.29, 0.717) is 0 Å². The lowest BCUT2D eigenvalue weighted by Gasteiger charge is -2.28. The third kappa shape index (κ3) is 22.3. The summed E-state index contributed by atoms with van der Waals surface area (Å²) in [5.74, 6) is -15.5. The maximum Gasteiger partial charge on any atom is 0.322 e. The number of nitrogens with two attached hydrogens (primary N) is 3. The summed E-state index contributed by atoms with van der Waals surface area (Å²) in [7, 11) is 1.60. The van der Waals surface area contributed by atoms with Gasteiger partial charge in [0.05, 0.1) is 37.7 Å². The van der Waals surface area contributed by atoms with Crippen LogP contribution in [0, 0.1) is 0 Å². The summed E-state index contributed by atoms with van der Waals surface area (Å²) < 4.78 is 0. The van der Waals surface area contributed by atoms with Crippen molar-refractivity contribution in [2.24, 2.45) is 17.2 Å². The molecule has 34 heteroatoms. The van der Waals surface area contributed by atoms with Crippen LogP contribution in [-0.2, 0) is 68.7 Å². The van der Waals surface area contributed by atoms with Gasteiger partial charge in [0.1, 0.15) is 54.9 Å². The van der Waals surface area contributed by atoms with E-state index in [1.165, 1.54) is 19.4 Å². The van der Waals surface area contributed by atoms with Crippen molar-refractivity contribution in [2.75, 3.05) is 31.2 Å². The number of H-pyrrole nitrogens is 1. The first-order chi connectivity index (χ1) is 34.7. The van der Waals surface area contributed by atoms with Crippen molar-refractivity contribution in [3.63, 3.8) is 0 Å². The molecule has 1 aliphatic rings. The van der Waals surface area contributed by atoms with E-state index in [1.807, 2.05) is 0 Å². The molecule has 1 saturated heterocycles. The van der Waals surface area contributed by atoms with Crippen LogP contribution in [0.2, 0.25) is 0 Å². The number of imidazole rings is 1. The van der Waals surface area contributed by atoms with Crippen molar-refractivity contribution in [1.82, 2.24) is 63.1 Å². The Balaban J connectivity index is 2.74. The Morgan fingerprint density at radius 1 is 0.703 bits per heavy atom. The lowest BCUT2D eigenvalue weighted by atomic mass is 10.0. The van der Waals surface area contributed by atoms with Crippen LogP contribution in [-0.4, -0.2) is 205 Å². The average molecular weight is 1090 g/mol. The van der Waals surface area contributed by atoms with E-state index in [-0.39, 0.29) is 11.4 Å². The monoisotopic (exact) mass is 1090 g/mol. The first-order valence-electron chi connectivity index (χ1n) is 22.4. The molecule has 0 bridgehead atoms. The van der Waals surface area contributed by atoms with Crippen LogP contribution in [0.5, 0.6) is 0 Å². The first-order valence-corrected chi connectivity index (χ1v) is 24.9. The van der Waals surface area contributed by atoms with Crippen LogP contribution in [0.25, 0.3) is 0 Å². The zero-order valence-electron chi connectivity index (χ0n) is 40.2. The number of hydrogen-bond donors (Lipinski definition) is 18. The van der Waals surface area contributed by atoms with Crippen molar-refractivity contribution in [1.29, 1.82) is 0 Å². The highest BCUT2D eigenvalue weighted by atomic mass is 33.1. The molecule has 74 heavy (non-hydrogen) atoms. The van der Waals surface area contributed by atoms with Gasteiger partial charge in [-0.25, -0.2) is 4.98 Å². The van der Waals surface area contributed by atoms with Crippen LogP contribution in [0.4, 0.5) is 0 Å². The fourth-order valence-corrected chi connectivity index (χ4v) is 8.56. The minimum atomic E-state index is -1.95. The van der Waals surface area contributed by atoms with Gasteiger partial charge in [-0.1, -0.05) is 21.6 Å². The summed E-state index contributed by atoms with van der Waals surface area (Å²) in [5.41, 5.74) is 16.6. The number of aromatic amines is 1. The number of carboxylic acids is 1. The fraction of sp³-hybridized carbons (Fsp3) is 0.600. The molecule has 1 aliphatic heterocycles. The molecule has 0 spiro atoms. The molecule has 0 unspecified atom stereocenters. The van der Waals surface area contributed by atoms with E-state index in [2.05, 4.69) is 63.1 Å². The number of aliphatic hydroxyl groups excluding tert-OH is 3. The number of amides is 12. The van der Waals surface area contributed by atoms with Gasteiger partial charge in [0.15, 0.2) is 0 Å². The summed E-state index contributed by atoms with van der Waals surface area (Å²) in [6.07, 6.45) is -3.50. The summed E-state index contributed by atoms with van der Waals surface area (Å²) in [6.45, 7) is 0.430. The molecule has 2 heterocycles. The Kier molecular flexibility index (Phi) is 26.8. The van der Waals surface area contributed by atoms with E-state index in [9.17, 15) is 82.8 Å². The van der Waals surface area contributed by atoms with Gasteiger partial charge >= 0.3 is 5.97 Å². The Labute approximate surface area is 429 Å². The standard InChI is InChI=1S/C40H63N15O17S2/c1-16(41)32(64)52-25-14-74-73-13-24(33(65)46-11-29(62)63)53-35(67)20(4-6-26(42)59)49-36(68)22(8-19-9-44-15-47-19)51-34(66)21(5-7-27(43)60)50-40(72)31(18(3)58)55-37(69)23(12-56)48-28(61)10-45-39(71)30(17(2)57)54-38(25)70/h9,15-18,20-25,30-31,56-58H,4-8,10-14,41H2,1-3H3,(H2,42,59)(H2,43,60)(H,44,47)(H,45,71)(H,46,65)(H,48,61)(H,49,68)(H,50,72)(H,51,66)(H,52,64)(H,53,67)(H,54,70)(H,55,69)(H,62,63)/t16-,17+,18+,20-,21-,22-,23-,24-,25-,30-,31-/m0/s1. The van der Waals surface area contributed by atoms with Gasteiger partial charge in [-0.05, 0) is 33.6 Å². The van der Waals surface area contributed by atoms with Crippen molar-refractivity contribution >= 4 is 98.4 Å². The molecule has 0 radical (unpaired) electrons. The summed E-state index contributed by atoms with van der Waals surface area (Å²) in [6, 6.07) is -15.1. The molecular weight excluding hydrogens is 1030 g/mol. The number of aromatic nitrogens is 2. The van der Waals surface area contributed by atoms with E-state index in [1.54, 1.807) is 0 Å². The van der Waals surface area contributed by atoms with Gasteiger partial charge < -0.3 is 95.8 Å². The third-order valence-electron chi connectivity index (χ3n) is 10.3. The number of nitrogens with zero attached hydrogens (tertiary/aromatic N) is 1. The average Bonchev–Trinajstić information content (AvgIpc) is 3.84. The number of primary amides is 2. The molecule has 2 rings (SSSR count). The highest BCUT2D eigenvalue weighted by Crippen LogP contribution is 2.24. The molecule has 1 fully saturated rings. The van der Waals surface area contributed by atoms with E-state index < -0.39 is 201 Å². The van der Waals surface area contributed by atoms with E-state index in [4.69, 9.17) is 17.2 Å². The lowest BCUT2D eigenvalue weighted by molar-refractivity contribution is -0.138. The quantitative estimate of drug-likeness (QED) is 0.0684. The van der Waals surface area contributed by atoms with Crippen molar-refractivity contribution in [3.8, 4) is 0 Å². The minimum absolute atomic E-state index is 0.219. The van der Waals surface area contributed by atoms with Gasteiger partial charge in [0, 0.05) is 42.7 Å². The number of carboxylic acid groups (broad SMARTS) is 1. The number of aliphatic carboxylic acids is 1. The maximum atomic E-state index is 14.1. The number of rotatable bonds is 16. The van der Waals surface area contributed by atoms with Crippen molar-refractivity contribution in [3.05, 3.63) is 18.2 Å². The SMILES string of the molecule is C[C@H](N)C(=O)N[C@H]1CSSC[C@@H](C(=O)NCC(=O)O)NC(=O)[C@H](CCC(N)=O)NC(=O)[C@H](Cc2cnc[nH]2)NC(=O)[C@H](CCC(N)=O)NC(=O)[C@H]([C@@H](C)O)NC(=O)[C@H](CO)NC(=O)CNC(=O)[C@H]([C@@H](C)O)NC1=O. The zero-order valence-corrected chi connectivity index (χ0v) is 41.8. The molecule has 12 amide bonds. The zero-order chi connectivity index (χ0) is 55.8. The molecule has 21 N–H and O–H groups in total. The molecule has 1 aromatic heterocycles. The number of nitrogens with one attached hydrogen (secondary N) is 11. The molecule has 0 aromatic carbocycles. The van der Waals surface area contributed by atoms with E-state index in [0.717, 1.165) is 35.4 Å². The summed E-state index contributed by atoms with van der Waals surface area (Å²) >= 11 is 0. The largest absolute Gasteiger partial charge is 0.480 e. The number of hydrogen-bond acceptors (Lipinski definition) is 20. The van der Waals surface area contributed by atoms with Gasteiger partial charge in [-0.15, -0.1) is 0 Å². The highest BCUT2D eigenvalue weighted by molar-refractivity contribution is 8.76. The number of aliphatic hydroxyl groups is 3. The molecular formula is C40H63N15O17S2. The van der Waals surface area contributed by atoms with Crippen LogP contribution in [0.1, 0.15) is 52.1 Å². The normalized spacial score (nSPS) is 25.1. The van der Waals surface area contributed by atoms with Crippen LogP contribution >= 0.6 is 21.6 Å². The second kappa shape index (κ2) is 31.4. The molecule has 11 atom stereocenters. The molecule has 32 nitrogen and oxygen atoms in total. The third-order valence-corrected chi connectivity index (χ3v) is 12.7. The Hall–Kier alpha value is -7.14. The van der Waals surface area contributed by atoms with Crippen molar-refractivity contribution in [2.45, 2.75) is 119 Å². The number of carbonyl (C=O) groups is 13. The Morgan fingerprint density at radius 3 is 1.74 bits per heavy atom. The van der Waals surface area contributed by atoms with Crippen LogP contribution < -0.4 is 70.4 Å².